The van der Waals surface area contributed by atoms with Crippen molar-refractivity contribution >= 4 is 5.97 Å². The molecule has 0 spiro atoms. The molecule has 0 aromatic heterocycles. The normalized spacial score (nSPS) is 11.1. The van der Waals surface area contributed by atoms with Crippen LogP contribution in [0, 0.1) is 5.92 Å². The van der Waals surface area contributed by atoms with Crippen LogP contribution in [0.3, 0.4) is 0 Å². The molecule has 0 aliphatic rings. The van der Waals surface area contributed by atoms with Crippen LogP contribution in [-0.2, 0) is 22.5 Å². The molecule has 1 rings (SSSR count). The van der Waals surface area contributed by atoms with Crippen molar-refractivity contribution in [3.63, 3.8) is 0 Å². The van der Waals surface area contributed by atoms with Crippen LogP contribution in [0.25, 0.3) is 0 Å². The van der Waals surface area contributed by atoms with E-state index in [0.717, 1.165) is 31.1 Å². The van der Waals surface area contributed by atoms with Crippen LogP contribution in [0.1, 0.15) is 44.7 Å². The lowest BCUT2D eigenvalue weighted by Crippen LogP contribution is -2.29. The summed E-state index contributed by atoms with van der Waals surface area (Å²) < 4.78 is 4.79. The maximum absolute atomic E-state index is 11.5. The summed E-state index contributed by atoms with van der Waals surface area (Å²) in [5.41, 5.74) is 2.31. The molecule has 0 bridgehead atoms. The Morgan fingerprint density at radius 1 is 1.14 bits per heavy atom. The van der Waals surface area contributed by atoms with E-state index in [2.05, 4.69) is 31.7 Å². The second-order valence-corrected chi connectivity index (χ2v) is 5.53. The van der Waals surface area contributed by atoms with Crippen molar-refractivity contribution in [3.05, 3.63) is 35.4 Å². The summed E-state index contributed by atoms with van der Waals surface area (Å²) in [7, 11) is 1.44. The lowest BCUT2D eigenvalue weighted by atomic mass is 10.0. The molecule has 0 heterocycles. The van der Waals surface area contributed by atoms with Crippen LogP contribution in [0.2, 0.25) is 0 Å². The molecule has 3 nitrogen and oxygen atoms in total. The number of methoxy groups -OCH3 is 1. The Kier molecular flexibility index (Phi) is 8.06. The van der Waals surface area contributed by atoms with Crippen LogP contribution in [-0.4, -0.2) is 31.1 Å². The van der Waals surface area contributed by atoms with Gasteiger partial charge in [0.2, 0.25) is 0 Å². The van der Waals surface area contributed by atoms with Gasteiger partial charge in [-0.3, -0.25) is 9.69 Å². The number of ether oxygens (including phenoxy) is 1. The van der Waals surface area contributed by atoms with Crippen molar-refractivity contribution in [1.29, 1.82) is 0 Å². The van der Waals surface area contributed by atoms with E-state index >= 15 is 0 Å². The molecule has 0 amide bonds. The molecular weight excluding hydrogens is 262 g/mol. The number of hydrogen-bond acceptors (Lipinski definition) is 3. The second kappa shape index (κ2) is 9.56. The van der Waals surface area contributed by atoms with Crippen LogP contribution in [0.15, 0.2) is 24.3 Å². The first-order chi connectivity index (χ1) is 10.1. The minimum absolute atomic E-state index is 0.175. The molecule has 0 saturated carbocycles. The lowest BCUT2D eigenvalue weighted by molar-refractivity contribution is -0.139. The predicted octanol–water partition coefficient (Wildman–Crippen LogP) is 3.66. The average Bonchev–Trinajstić information content (AvgIpc) is 2.52. The van der Waals surface area contributed by atoms with Crippen LogP contribution in [0.5, 0.6) is 0 Å². The van der Waals surface area contributed by atoms with Crippen LogP contribution in [0.4, 0.5) is 0 Å². The first-order valence-electron chi connectivity index (χ1n) is 8.00. The van der Waals surface area contributed by atoms with Crippen molar-refractivity contribution in [3.8, 4) is 0 Å². The van der Waals surface area contributed by atoms with Gasteiger partial charge in [0.25, 0.3) is 0 Å². The van der Waals surface area contributed by atoms with E-state index < -0.39 is 0 Å². The number of carbonyl (C=O) groups excluding carboxylic acids is 1. The number of carbonyl (C=O) groups is 1. The topological polar surface area (TPSA) is 29.5 Å². The Bertz CT molecular complexity index is 427. The van der Waals surface area contributed by atoms with Gasteiger partial charge in [-0.2, -0.15) is 0 Å². The van der Waals surface area contributed by atoms with Crippen molar-refractivity contribution < 1.29 is 9.53 Å². The summed E-state index contributed by atoms with van der Waals surface area (Å²) in [5, 5.41) is 0. The molecule has 0 N–H and O–H groups in total. The van der Waals surface area contributed by atoms with Crippen LogP contribution >= 0.6 is 0 Å². The molecule has 3 heteroatoms. The molecular formula is C18H29NO2. The largest absolute Gasteiger partial charge is 0.469 e. The Labute approximate surface area is 129 Å². The van der Waals surface area contributed by atoms with E-state index in [1.807, 2.05) is 18.2 Å². The van der Waals surface area contributed by atoms with Crippen molar-refractivity contribution in [1.82, 2.24) is 4.90 Å². The molecule has 0 aliphatic heterocycles. The van der Waals surface area contributed by atoms with Crippen LogP contribution < -0.4 is 0 Å². The highest BCUT2D eigenvalue weighted by molar-refractivity contribution is 5.72. The van der Waals surface area contributed by atoms with Gasteiger partial charge in [0.05, 0.1) is 13.5 Å². The van der Waals surface area contributed by atoms with Gasteiger partial charge in [0.1, 0.15) is 0 Å². The zero-order chi connectivity index (χ0) is 15.7. The quantitative estimate of drug-likeness (QED) is 0.650. The summed E-state index contributed by atoms with van der Waals surface area (Å²) in [6.07, 6.45) is 2.79. The maximum Gasteiger partial charge on any atom is 0.309 e. The van der Waals surface area contributed by atoms with Gasteiger partial charge < -0.3 is 4.74 Å². The molecule has 0 radical (unpaired) electrons. The smallest absolute Gasteiger partial charge is 0.309 e. The fourth-order valence-electron chi connectivity index (χ4n) is 2.57. The highest BCUT2D eigenvalue weighted by Gasteiger charge is 2.13. The van der Waals surface area contributed by atoms with E-state index in [1.165, 1.54) is 25.5 Å². The molecule has 0 unspecified atom stereocenters. The molecule has 118 valence electrons. The maximum atomic E-state index is 11.5. The van der Waals surface area contributed by atoms with Crippen molar-refractivity contribution in [2.24, 2.45) is 5.92 Å². The van der Waals surface area contributed by atoms with E-state index in [1.54, 1.807) is 0 Å². The van der Waals surface area contributed by atoms with Gasteiger partial charge in [-0.25, -0.2) is 0 Å². The fourth-order valence-corrected chi connectivity index (χ4v) is 2.57. The number of benzene rings is 1. The summed E-state index contributed by atoms with van der Waals surface area (Å²) >= 11 is 0. The lowest BCUT2D eigenvalue weighted by Gasteiger charge is -2.26. The summed E-state index contributed by atoms with van der Waals surface area (Å²) in [6.45, 7) is 9.77. The van der Waals surface area contributed by atoms with Crippen molar-refractivity contribution in [2.45, 2.75) is 46.6 Å². The van der Waals surface area contributed by atoms with Gasteiger partial charge >= 0.3 is 5.97 Å². The van der Waals surface area contributed by atoms with E-state index in [4.69, 9.17) is 4.74 Å². The first kappa shape index (κ1) is 17.7. The summed E-state index contributed by atoms with van der Waals surface area (Å²) in [4.78, 5) is 14.0. The standard InChI is InChI=1S/C18H29NO2/c1-5-15(6-2)13-19(7-3)14-17-11-9-8-10-16(17)12-18(20)21-4/h8-11,15H,5-7,12-14H2,1-4H3. The number of rotatable bonds is 9. The molecule has 21 heavy (non-hydrogen) atoms. The third-order valence-electron chi connectivity index (χ3n) is 4.19. The molecule has 0 atom stereocenters. The SMILES string of the molecule is CCC(CC)CN(CC)Cc1ccccc1CC(=O)OC. The molecule has 0 saturated heterocycles. The number of nitrogens with zero attached hydrogens (tertiary/aromatic N) is 1. The number of hydrogen-bond donors (Lipinski definition) is 0. The van der Waals surface area contributed by atoms with Gasteiger partial charge in [0, 0.05) is 13.1 Å². The molecule has 1 aromatic carbocycles. The predicted molar refractivity (Wildman–Crippen MR) is 87.2 cm³/mol. The Balaban J connectivity index is 2.77. The van der Waals surface area contributed by atoms with E-state index in [-0.39, 0.29) is 5.97 Å². The van der Waals surface area contributed by atoms with E-state index in [9.17, 15) is 4.79 Å². The minimum Gasteiger partial charge on any atom is -0.469 e. The van der Waals surface area contributed by atoms with Gasteiger partial charge in [-0.15, -0.1) is 0 Å². The summed E-state index contributed by atoms with van der Waals surface area (Å²) in [6, 6.07) is 8.17. The van der Waals surface area contributed by atoms with E-state index in [0.29, 0.717) is 6.42 Å². The first-order valence-corrected chi connectivity index (χ1v) is 8.00. The third kappa shape index (κ3) is 5.88. The monoisotopic (exact) mass is 291 g/mol. The van der Waals surface area contributed by atoms with Crippen molar-refractivity contribution in [2.75, 3.05) is 20.2 Å². The Morgan fingerprint density at radius 3 is 2.29 bits per heavy atom. The molecule has 0 aliphatic carbocycles. The molecule has 0 fully saturated rings. The Hall–Kier alpha value is -1.35. The Morgan fingerprint density at radius 2 is 1.76 bits per heavy atom. The zero-order valence-electron chi connectivity index (χ0n) is 13.9. The minimum atomic E-state index is -0.175. The number of esters is 1. The summed E-state index contributed by atoms with van der Waals surface area (Å²) in [5.74, 6) is 0.572. The third-order valence-corrected chi connectivity index (χ3v) is 4.19. The van der Waals surface area contributed by atoms with Gasteiger partial charge in [-0.05, 0) is 23.6 Å². The highest BCUT2D eigenvalue weighted by Crippen LogP contribution is 2.16. The second-order valence-electron chi connectivity index (χ2n) is 5.53. The average molecular weight is 291 g/mol. The molecule has 1 aromatic rings. The zero-order valence-corrected chi connectivity index (χ0v) is 13.9. The fraction of sp³-hybridized carbons (Fsp3) is 0.611. The highest BCUT2D eigenvalue weighted by atomic mass is 16.5. The van der Waals surface area contributed by atoms with Gasteiger partial charge in [-0.1, -0.05) is 57.9 Å². The van der Waals surface area contributed by atoms with Gasteiger partial charge in [0.15, 0.2) is 0 Å².